The molecule has 62 valence electrons. The topological polar surface area (TPSA) is 32.9 Å². The van der Waals surface area contributed by atoms with Crippen molar-refractivity contribution in [2.24, 2.45) is 5.92 Å². The van der Waals surface area contributed by atoms with E-state index in [0.29, 0.717) is 0 Å². The quantitative estimate of drug-likeness (QED) is 0.607. The highest BCUT2D eigenvalue weighted by molar-refractivity contribution is 4.89. The van der Waals surface area contributed by atoms with Gasteiger partial charge in [0.15, 0.2) is 0 Å². The van der Waals surface area contributed by atoms with Crippen LogP contribution in [0.25, 0.3) is 0 Å². The van der Waals surface area contributed by atoms with E-state index in [0.717, 1.165) is 5.92 Å². The van der Waals surface area contributed by atoms with E-state index < -0.39 is 0 Å². The number of nitrogens with one attached hydrogen (secondary N) is 1. The Kier molecular flexibility index (Phi) is 5.17. The van der Waals surface area contributed by atoms with Crippen molar-refractivity contribution in [1.82, 2.24) is 4.98 Å². The van der Waals surface area contributed by atoms with E-state index >= 15 is 0 Å². The van der Waals surface area contributed by atoms with Crippen LogP contribution in [0.5, 0.6) is 0 Å². The second-order valence-electron chi connectivity index (χ2n) is 2.96. The molecule has 1 aromatic heterocycles. The lowest BCUT2D eigenvalue weighted by Gasteiger charge is -1.79. The molecular formula is C9H15NO. The van der Waals surface area contributed by atoms with Gasteiger partial charge in [0.2, 0.25) is 5.56 Å². The van der Waals surface area contributed by atoms with E-state index in [4.69, 9.17) is 0 Å². The van der Waals surface area contributed by atoms with Gasteiger partial charge in [-0.1, -0.05) is 26.8 Å². The molecule has 0 aliphatic heterocycles. The standard InChI is InChI=1S/C5H5NO.C4H10/c7-5-3-1-2-4-6-5;1-4(2)3/h1-4H,(H,6,7);4H,1-3H3. The minimum absolute atomic E-state index is 0.0532. The van der Waals surface area contributed by atoms with E-state index in [1.807, 2.05) is 0 Å². The van der Waals surface area contributed by atoms with Crippen molar-refractivity contribution in [2.75, 3.05) is 0 Å². The van der Waals surface area contributed by atoms with Gasteiger partial charge in [0.1, 0.15) is 0 Å². The molecular weight excluding hydrogens is 138 g/mol. The van der Waals surface area contributed by atoms with Crippen molar-refractivity contribution in [3.8, 4) is 0 Å². The zero-order valence-electron chi connectivity index (χ0n) is 7.29. The zero-order chi connectivity index (χ0) is 8.69. The van der Waals surface area contributed by atoms with E-state index in [1.165, 1.54) is 6.07 Å². The first-order chi connectivity index (χ1) is 5.13. The highest BCUT2D eigenvalue weighted by Crippen LogP contribution is 1.81. The molecule has 2 heteroatoms. The Morgan fingerprint density at radius 3 is 2.00 bits per heavy atom. The minimum Gasteiger partial charge on any atom is -0.329 e. The Morgan fingerprint density at radius 2 is 1.82 bits per heavy atom. The summed E-state index contributed by atoms with van der Waals surface area (Å²) in [6.45, 7) is 6.50. The summed E-state index contributed by atoms with van der Waals surface area (Å²) in [5.74, 6) is 0.833. The number of hydrogen-bond donors (Lipinski definition) is 1. The number of aromatic nitrogens is 1. The third kappa shape index (κ3) is 8.95. The molecule has 1 heterocycles. The average molecular weight is 153 g/mol. The maximum Gasteiger partial charge on any atom is 0.247 e. The molecule has 0 bridgehead atoms. The second kappa shape index (κ2) is 5.71. The Morgan fingerprint density at radius 1 is 1.27 bits per heavy atom. The summed E-state index contributed by atoms with van der Waals surface area (Å²) in [5, 5.41) is 0. The summed E-state index contributed by atoms with van der Waals surface area (Å²) in [5.41, 5.74) is -0.0532. The molecule has 1 aromatic rings. The molecule has 0 saturated heterocycles. The van der Waals surface area contributed by atoms with Crippen LogP contribution in [-0.4, -0.2) is 4.98 Å². The predicted octanol–water partition coefficient (Wildman–Crippen LogP) is 2.04. The maximum atomic E-state index is 10.2. The Labute approximate surface area is 67.3 Å². The summed E-state index contributed by atoms with van der Waals surface area (Å²) in [6, 6.07) is 4.93. The van der Waals surface area contributed by atoms with Crippen molar-refractivity contribution in [1.29, 1.82) is 0 Å². The fourth-order valence-electron chi connectivity index (χ4n) is 0.377. The minimum atomic E-state index is -0.0532. The second-order valence-corrected chi connectivity index (χ2v) is 2.96. The van der Waals surface area contributed by atoms with Crippen molar-refractivity contribution in [3.63, 3.8) is 0 Å². The molecule has 1 rings (SSSR count). The molecule has 1 N–H and O–H groups in total. The van der Waals surface area contributed by atoms with Gasteiger partial charge in [-0.3, -0.25) is 4.79 Å². The summed E-state index contributed by atoms with van der Waals surface area (Å²) < 4.78 is 0. The number of H-pyrrole nitrogens is 1. The first kappa shape index (κ1) is 9.95. The molecule has 0 saturated carbocycles. The zero-order valence-corrected chi connectivity index (χ0v) is 7.29. The van der Waals surface area contributed by atoms with Gasteiger partial charge < -0.3 is 4.98 Å². The van der Waals surface area contributed by atoms with Crippen LogP contribution in [0.4, 0.5) is 0 Å². The summed E-state index contributed by atoms with van der Waals surface area (Å²) in [7, 11) is 0. The summed E-state index contributed by atoms with van der Waals surface area (Å²) in [4.78, 5) is 12.7. The highest BCUT2D eigenvalue weighted by atomic mass is 16.1. The van der Waals surface area contributed by atoms with Crippen molar-refractivity contribution in [3.05, 3.63) is 34.7 Å². The summed E-state index contributed by atoms with van der Waals surface area (Å²) >= 11 is 0. The smallest absolute Gasteiger partial charge is 0.247 e. The van der Waals surface area contributed by atoms with Crippen LogP contribution < -0.4 is 5.56 Å². The maximum absolute atomic E-state index is 10.2. The molecule has 2 nitrogen and oxygen atoms in total. The average Bonchev–Trinajstić information content (AvgIpc) is 1.87. The van der Waals surface area contributed by atoms with E-state index in [2.05, 4.69) is 25.8 Å². The van der Waals surface area contributed by atoms with Gasteiger partial charge in [0.05, 0.1) is 0 Å². The molecule has 0 spiro atoms. The van der Waals surface area contributed by atoms with Crippen molar-refractivity contribution < 1.29 is 0 Å². The van der Waals surface area contributed by atoms with Gasteiger partial charge >= 0.3 is 0 Å². The molecule has 0 aliphatic rings. The molecule has 11 heavy (non-hydrogen) atoms. The molecule has 0 aromatic carbocycles. The lowest BCUT2D eigenvalue weighted by atomic mass is 10.3. The van der Waals surface area contributed by atoms with E-state index in [-0.39, 0.29) is 5.56 Å². The Hall–Kier alpha value is -1.05. The third-order valence-corrected chi connectivity index (χ3v) is 0.681. The molecule has 0 amide bonds. The number of pyridine rings is 1. The highest BCUT2D eigenvalue weighted by Gasteiger charge is 1.69. The predicted molar refractivity (Wildman–Crippen MR) is 47.6 cm³/mol. The fraction of sp³-hybridized carbons (Fsp3) is 0.444. The van der Waals surface area contributed by atoms with Crippen LogP contribution in [-0.2, 0) is 0 Å². The van der Waals surface area contributed by atoms with Crippen LogP contribution in [0, 0.1) is 5.92 Å². The largest absolute Gasteiger partial charge is 0.329 e. The van der Waals surface area contributed by atoms with Crippen LogP contribution in [0.1, 0.15) is 20.8 Å². The van der Waals surface area contributed by atoms with Crippen molar-refractivity contribution in [2.45, 2.75) is 20.8 Å². The van der Waals surface area contributed by atoms with Gasteiger partial charge in [-0.25, -0.2) is 0 Å². The van der Waals surface area contributed by atoms with Crippen LogP contribution in [0.2, 0.25) is 0 Å². The fourth-order valence-corrected chi connectivity index (χ4v) is 0.377. The summed E-state index contributed by atoms with van der Waals surface area (Å²) in [6.07, 6.45) is 1.60. The first-order valence-corrected chi connectivity index (χ1v) is 3.76. The monoisotopic (exact) mass is 153 g/mol. The van der Waals surface area contributed by atoms with Gasteiger partial charge in [0.25, 0.3) is 0 Å². The van der Waals surface area contributed by atoms with Crippen molar-refractivity contribution >= 4 is 0 Å². The van der Waals surface area contributed by atoms with E-state index in [1.54, 1.807) is 18.3 Å². The molecule has 0 radical (unpaired) electrons. The van der Waals surface area contributed by atoms with Gasteiger partial charge in [-0.2, -0.15) is 0 Å². The lowest BCUT2D eigenvalue weighted by Crippen LogP contribution is -1.98. The molecule has 0 fully saturated rings. The Balaban J connectivity index is 0.000000218. The van der Waals surface area contributed by atoms with Crippen LogP contribution >= 0.6 is 0 Å². The lowest BCUT2D eigenvalue weighted by molar-refractivity contribution is 0.737. The third-order valence-electron chi connectivity index (χ3n) is 0.681. The van der Waals surface area contributed by atoms with Gasteiger partial charge in [-0.15, -0.1) is 0 Å². The number of rotatable bonds is 0. The molecule has 0 atom stereocenters. The van der Waals surface area contributed by atoms with E-state index in [9.17, 15) is 4.79 Å². The number of hydrogen-bond acceptors (Lipinski definition) is 1. The van der Waals surface area contributed by atoms with Crippen LogP contribution in [0.15, 0.2) is 29.2 Å². The normalized spacial score (nSPS) is 8.73. The SMILES string of the molecule is CC(C)C.O=c1cccc[nH]1. The van der Waals surface area contributed by atoms with Gasteiger partial charge in [-0.05, 0) is 12.0 Å². The Bertz CT molecular complexity index is 207. The van der Waals surface area contributed by atoms with Gasteiger partial charge in [0, 0.05) is 12.3 Å². The number of aromatic amines is 1. The first-order valence-electron chi connectivity index (χ1n) is 3.76. The van der Waals surface area contributed by atoms with Crippen LogP contribution in [0.3, 0.4) is 0 Å². The molecule has 0 aliphatic carbocycles. The molecule has 0 unspecified atom stereocenters.